The Bertz CT molecular complexity index is 740. The predicted octanol–water partition coefficient (Wildman–Crippen LogP) is 2.88. The van der Waals surface area contributed by atoms with Gasteiger partial charge in [-0.1, -0.05) is 36.4 Å². The number of halogens is 1. The van der Waals surface area contributed by atoms with Crippen molar-refractivity contribution in [1.82, 2.24) is 15.5 Å². The first-order valence-corrected chi connectivity index (χ1v) is 9.28. The van der Waals surface area contributed by atoms with Crippen molar-refractivity contribution >= 4 is 11.6 Å². The van der Waals surface area contributed by atoms with Gasteiger partial charge < -0.3 is 24.6 Å². The lowest BCUT2D eigenvalue weighted by molar-refractivity contribution is 0.0907. The van der Waals surface area contributed by atoms with Gasteiger partial charge >= 0.3 is 0 Å². The maximum absolute atomic E-state index is 10.2. The number of hydrogen-bond acceptors (Lipinski definition) is 7. The highest BCUT2D eigenvalue weighted by atomic mass is 35.5. The van der Waals surface area contributed by atoms with Gasteiger partial charge in [0.05, 0.1) is 0 Å². The molecule has 0 aliphatic carbocycles. The van der Waals surface area contributed by atoms with E-state index in [9.17, 15) is 5.11 Å². The first kappa shape index (κ1) is 21.9. The fraction of sp³-hybridized carbons (Fsp3) is 0.400. The summed E-state index contributed by atoms with van der Waals surface area (Å²) >= 11 is 5.70. The molecule has 7 nitrogen and oxygen atoms in total. The summed E-state index contributed by atoms with van der Waals surface area (Å²) in [7, 11) is 0. The summed E-state index contributed by atoms with van der Waals surface area (Å²) in [5.74, 6) is 1.58. The number of β-amino-alcohol motifs (C(OH)–C–C–N with tert-alkyl or cyclic N) is 1. The molecule has 1 unspecified atom stereocenters. The first-order chi connectivity index (χ1) is 13.4. The summed E-state index contributed by atoms with van der Waals surface area (Å²) in [6.07, 6.45) is 0.956. The lowest BCUT2D eigenvalue weighted by Crippen LogP contribution is -2.48. The SMILES string of the molecule is C=CCOc1ccccc1OCC(O)CNC(C)(C)COc1ccc(Cl)nn1. The monoisotopic (exact) mass is 407 g/mol. The van der Waals surface area contributed by atoms with E-state index in [0.29, 0.717) is 42.3 Å². The molecule has 2 N–H and O–H groups in total. The Morgan fingerprint density at radius 1 is 1.14 bits per heavy atom. The van der Waals surface area contributed by atoms with Crippen molar-refractivity contribution in [2.75, 3.05) is 26.4 Å². The van der Waals surface area contributed by atoms with Crippen LogP contribution in [0.15, 0.2) is 49.1 Å². The number of para-hydroxylation sites is 2. The van der Waals surface area contributed by atoms with Crippen molar-refractivity contribution in [3.05, 3.63) is 54.2 Å². The van der Waals surface area contributed by atoms with E-state index in [1.54, 1.807) is 24.3 Å². The molecule has 0 spiro atoms. The summed E-state index contributed by atoms with van der Waals surface area (Å²) in [5.41, 5.74) is -0.396. The summed E-state index contributed by atoms with van der Waals surface area (Å²) < 4.78 is 16.8. The molecule has 8 heteroatoms. The molecular weight excluding hydrogens is 382 g/mol. The van der Waals surface area contributed by atoms with Crippen LogP contribution in [-0.2, 0) is 0 Å². The molecule has 0 amide bonds. The first-order valence-electron chi connectivity index (χ1n) is 8.90. The molecule has 2 aromatic rings. The molecule has 0 radical (unpaired) electrons. The smallest absolute Gasteiger partial charge is 0.233 e. The fourth-order valence-corrected chi connectivity index (χ4v) is 2.26. The van der Waals surface area contributed by atoms with E-state index in [-0.39, 0.29) is 6.61 Å². The van der Waals surface area contributed by atoms with Gasteiger partial charge in [0.2, 0.25) is 5.88 Å². The third-order valence-electron chi connectivity index (χ3n) is 3.64. The van der Waals surface area contributed by atoms with E-state index in [1.807, 2.05) is 32.0 Å². The predicted molar refractivity (Wildman–Crippen MR) is 108 cm³/mol. The summed E-state index contributed by atoms with van der Waals surface area (Å²) in [6.45, 7) is 8.73. The van der Waals surface area contributed by atoms with Crippen LogP contribution in [0.5, 0.6) is 17.4 Å². The Morgan fingerprint density at radius 3 is 2.50 bits per heavy atom. The van der Waals surface area contributed by atoms with Gasteiger partial charge in [-0.2, -0.15) is 0 Å². The molecule has 0 bridgehead atoms. The van der Waals surface area contributed by atoms with Crippen LogP contribution in [0, 0.1) is 0 Å². The molecule has 1 aromatic carbocycles. The van der Waals surface area contributed by atoms with Crippen molar-refractivity contribution in [2.24, 2.45) is 0 Å². The van der Waals surface area contributed by atoms with E-state index in [0.717, 1.165) is 0 Å². The molecule has 0 saturated carbocycles. The number of aromatic nitrogens is 2. The second-order valence-corrected chi connectivity index (χ2v) is 7.15. The summed E-state index contributed by atoms with van der Waals surface area (Å²) in [6, 6.07) is 10.6. The van der Waals surface area contributed by atoms with Gasteiger partial charge in [0.15, 0.2) is 16.7 Å². The number of nitrogens with zero attached hydrogens (tertiary/aromatic N) is 2. The average molecular weight is 408 g/mol. The molecule has 0 fully saturated rings. The zero-order chi connectivity index (χ0) is 20.4. The normalized spacial score (nSPS) is 12.3. The quantitative estimate of drug-likeness (QED) is 0.523. The fourth-order valence-electron chi connectivity index (χ4n) is 2.16. The van der Waals surface area contributed by atoms with Crippen molar-refractivity contribution < 1.29 is 19.3 Å². The lowest BCUT2D eigenvalue weighted by Gasteiger charge is -2.27. The number of hydrogen-bond donors (Lipinski definition) is 2. The van der Waals surface area contributed by atoms with Gasteiger partial charge in [0, 0.05) is 18.2 Å². The summed E-state index contributed by atoms with van der Waals surface area (Å²) in [5, 5.41) is 21.4. The second kappa shape index (κ2) is 10.8. The molecule has 152 valence electrons. The molecule has 1 atom stereocenters. The van der Waals surface area contributed by atoms with Crippen LogP contribution in [0.1, 0.15) is 13.8 Å². The van der Waals surface area contributed by atoms with Crippen molar-refractivity contribution in [3.63, 3.8) is 0 Å². The molecule has 0 aliphatic rings. The molecule has 28 heavy (non-hydrogen) atoms. The standard InChI is InChI=1S/C20H26ClN3O4/c1-4-11-26-16-7-5-6-8-17(16)27-13-15(25)12-22-20(2,3)14-28-19-10-9-18(21)23-24-19/h4-10,15,22,25H,1,11-14H2,2-3H3. The topological polar surface area (TPSA) is 85.7 Å². The van der Waals surface area contributed by atoms with Gasteiger partial charge in [-0.25, -0.2) is 0 Å². The van der Waals surface area contributed by atoms with Crippen molar-refractivity contribution in [3.8, 4) is 17.4 Å². The number of benzene rings is 1. The van der Waals surface area contributed by atoms with Crippen LogP contribution in [0.2, 0.25) is 5.15 Å². The Balaban J connectivity index is 1.75. The van der Waals surface area contributed by atoms with Crippen LogP contribution in [-0.4, -0.2) is 53.3 Å². The zero-order valence-corrected chi connectivity index (χ0v) is 16.9. The molecule has 0 aliphatic heterocycles. The van der Waals surface area contributed by atoms with Crippen LogP contribution in [0.3, 0.4) is 0 Å². The minimum Gasteiger partial charge on any atom is -0.487 e. The molecule has 1 heterocycles. The number of ether oxygens (including phenoxy) is 3. The minimum absolute atomic E-state index is 0.126. The maximum Gasteiger partial charge on any atom is 0.233 e. The zero-order valence-electron chi connectivity index (χ0n) is 16.1. The van der Waals surface area contributed by atoms with Crippen LogP contribution < -0.4 is 19.5 Å². The molecule has 1 aromatic heterocycles. The second-order valence-electron chi connectivity index (χ2n) is 6.76. The lowest BCUT2D eigenvalue weighted by atomic mass is 10.1. The third kappa shape index (κ3) is 7.72. The molecule has 2 rings (SSSR count). The van der Waals surface area contributed by atoms with E-state index in [1.165, 1.54) is 0 Å². The van der Waals surface area contributed by atoms with Gasteiger partial charge in [-0.3, -0.25) is 0 Å². The number of aliphatic hydroxyl groups is 1. The minimum atomic E-state index is -0.706. The van der Waals surface area contributed by atoms with Gasteiger partial charge in [-0.05, 0) is 32.0 Å². The van der Waals surface area contributed by atoms with Gasteiger partial charge in [-0.15, -0.1) is 10.2 Å². The van der Waals surface area contributed by atoms with Crippen molar-refractivity contribution in [2.45, 2.75) is 25.5 Å². The Labute approximate surface area is 170 Å². The number of nitrogens with one attached hydrogen (secondary N) is 1. The van der Waals surface area contributed by atoms with Gasteiger partial charge in [0.25, 0.3) is 0 Å². The Kier molecular flexibility index (Phi) is 8.50. The largest absolute Gasteiger partial charge is 0.487 e. The average Bonchev–Trinajstić information content (AvgIpc) is 2.69. The Morgan fingerprint density at radius 2 is 1.86 bits per heavy atom. The molecular formula is C20H26ClN3O4. The van der Waals surface area contributed by atoms with Crippen LogP contribution >= 0.6 is 11.6 Å². The van der Waals surface area contributed by atoms with E-state index >= 15 is 0 Å². The highest BCUT2D eigenvalue weighted by Gasteiger charge is 2.20. The van der Waals surface area contributed by atoms with Crippen LogP contribution in [0.25, 0.3) is 0 Å². The van der Waals surface area contributed by atoms with Crippen molar-refractivity contribution in [1.29, 1.82) is 0 Å². The highest BCUT2D eigenvalue weighted by molar-refractivity contribution is 6.29. The van der Waals surface area contributed by atoms with Crippen LogP contribution in [0.4, 0.5) is 0 Å². The van der Waals surface area contributed by atoms with E-state index in [2.05, 4.69) is 22.1 Å². The van der Waals surface area contributed by atoms with E-state index in [4.69, 9.17) is 25.8 Å². The number of aliphatic hydroxyl groups excluding tert-OH is 1. The van der Waals surface area contributed by atoms with E-state index < -0.39 is 11.6 Å². The number of rotatable bonds is 12. The maximum atomic E-state index is 10.2. The molecule has 0 saturated heterocycles. The van der Waals surface area contributed by atoms with Gasteiger partial charge in [0.1, 0.15) is 25.9 Å². The third-order valence-corrected chi connectivity index (χ3v) is 3.84. The Hall–Kier alpha value is -2.35. The highest BCUT2D eigenvalue weighted by Crippen LogP contribution is 2.26. The summed E-state index contributed by atoms with van der Waals surface area (Å²) in [4.78, 5) is 0.